The molecule has 2 aromatic carbocycles. The molecular formula is C23H25BrN2O3. The molecule has 152 valence electrons. The van der Waals surface area contributed by atoms with Gasteiger partial charge in [0.1, 0.15) is 0 Å². The van der Waals surface area contributed by atoms with Gasteiger partial charge in [0.2, 0.25) is 0 Å². The van der Waals surface area contributed by atoms with E-state index in [1.165, 1.54) is 0 Å². The SMILES string of the molecule is COc1ccc(CCn2c(C)c(C(N)=O)c(-c3ccc(Br)cc3)c2C)cc1OC. The Morgan fingerprint density at radius 2 is 1.66 bits per heavy atom. The normalized spacial score (nSPS) is 10.8. The average molecular weight is 457 g/mol. The molecule has 0 atom stereocenters. The van der Waals surface area contributed by atoms with Crippen LogP contribution in [0.5, 0.6) is 11.5 Å². The van der Waals surface area contributed by atoms with Crippen molar-refractivity contribution >= 4 is 21.8 Å². The van der Waals surface area contributed by atoms with E-state index in [2.05, 4.69) is 20.5 Å². The predicted molar refractivity (Wildman–Crippen MR) is 119 cm³/mol. The van der Waals surface area contributed by atoms with E-state index in [0.717, 1.165) is 45.5 Å². The molecule has 0 spiro atoms. The molecule has 0 aliphatic rings. The lowest BCUT2D eigenvalue weighted by Gasteiger charge is -2.12. The van der Waals surface area contributed by atoms with Crippen molar-refractivity contribution in [2.75, 3.05) is 14.2 Å². The van der Waals surface area contributed by atoms with Crippen LogP contribution in [-0.4, -0.2) is 24.7 Å². The van der Waals surface area contributed by atoms with E-state index < -0.39 is 5.91 Å². The standard InChI is InChI=1S/C23H25BrN2O3/c1-14-21(17-6-8-18(24)9-7-17)22(23(25)27)15(2)26(14)12-11-16-5-10-19(28-3)20(13-16)29-4/h5-10,13H,11-12H2,1-4H3,(H2,25,27). The fourth-order valence-electron chi connectivity index (χ4n) is 3.77. The maximum absolute atomic E-state index is 12.2. The number of methoxy groups -OCH3 is 2. The Balaban J connectivity index is 1.97. The van der Waals surface area contributed by atoms with Crippen LogP contribution >= 0.6 is 15.9 Å². The van der Waals surface area contributed by atoms with Crippen molar-refractivity contribution < 1.29 is 14.3 Å². The van der Waals surface area contributed by atoms with Crippen molar-refractivity contribution in [1.82, 2.24) is 4.57 Å². The molecule has 0 aliphatic heterocycles. The van der Waals surface area contributed by atoms with E-state index in [9.17, 15) is 4.79 Å². The number of rotatable bonds is 7. The number of halogens is 1. The zero-order valence-corrected chi connectivity index (χ0v) is 18.7. The first-order valence-electron chi connectivity index (χ1n) is 9.33. The second kappa shape index (κ2) is 8.74. The van der Waals surface area contributed by atoms with Crippen LogP contribution in [-0.2, 0) is 13.0 Å². The van der Waals surface area contributed by atoms with Crippen LogP contribution in [0, 0.1) is 13.8 Å². The van der Waals surface area contributed by atoms with Gasteiger partial charge in [-0.25, -0.2) is 0 Å². The van der Waals surface area contributed by atoms with E-state index in [4.69, 9.17) is 15.2 Å². The number of aryl methyl sites for hydroxylation is 1. The first-order valence-corrected chi connectivity index (χ1v) is 10.1. The lowest BCUT2D eigenvalue weighted by atomic mass is 10.0. The van der Waals surface area contributed by atoms with Gasteiger partial charge in [-0.05, 0) is 55.7 Å². The van der Waals surface area contributed by atoms with E-state index in [1.807, 2.05) is 56.3 Å². The van der Waals surface area contributed by atoms with Crippen LogP contribution < -0.4 is 15.2 Å². The average Bonchev–Trinajstić information content (AvgIpc) is 2.96. The van der Waals surface area contributed by atoms with Crippen LogP contribution in [0.4, 0.5) is 0 Å². The monoisotopic (exact) mass is 456 g/mol. The van der Waals surface area contributed by atoms with Crippen LogP contribution in [0.15, 0.2) is 46.9 Å². The van der Waals surface area contributed by atoms with Crippen molar-refractivity contribution in [3.63, 3.8) is 0 Å². The first kappa shape index (κ1) is 21.0. The fraction of sp³-hybridized carbons (Fsp3) is 0.261. The highest BCUT2D eigenvalue weighted by atomic mass is 79.9. The number of aromatic nitrogens is 1. The topological polar surface area (TPSA) is 66.5 Å². The third-order valence-electron chi connectivity index (χ3n) is 5.23. The minimum atomic E-state index is -0.409. The van der Waals surface area contributed by atoms with E-state index in [0.29, 0.717) is 17.1 Å². The van der Waals surface area contributed by atoms with Gasteiger partial charge in [-0.15, -0.1) is 0 Å². The smallest absolute Gasteiger partial charge is 0.251 e. The molecule has 1 amide bonds. The van der Waals surface area contributed by atoms with Crippen LogP contribution in [0.2, 0.25) is 0 Å². The van der Waals surface area contributed by atoms with Gasteiger partial charge < -0.3 is 19.8 Å². The summed E-state index contributed by atoms with van der Waals surface area (Å²) < 4.78 is 13.9. The van der Waals surface area contributed by atoms with Crippen LogP contribution in [0.3, 0.4) is 0 Å². The Hall–Kier alpha value is -2.73. The van der Waals surface area contributed by atoms with Crippen molar-refractivity contribution in [1.29, 1.82) is 0 Å². The third-order valence-corrected chi connectivity index (χ3v) is 5.76. The molecule has 0 bridgehead atoms. The summed E-state index contributed by atoms with van der Waals surface area (Å²) in [6.45, 7) is 4.71. The molecule has 29 heavy (non-hydrogen) atoms. The molecule has 0 saturated heterocycles. The predicted octanol–water partition coefficient (Wildman–Crippen LogP) is 4.89. The van der Waals surface area contributed by atoms with Gasteiger partial charge in [-0.1, -0.05) is 34.1 Å². The lowest BCUT2D eigenvalue weighted by Crippen LogP contribution is -2.13. The third kappa shape index (κ3) is 4.17. The Kier molecular flexibility index (Phi) is 6.33. The van der Waals surface area contributed by atoms with Crippen molar-refractivity contribution in [2.45, 2.75) is 26.8 Å². The van der Waals surface area contributed by atoms with E-state index in [1.54, 1.807) is 14.2 Å². The highest BCUT2D eigenvalue weighted by molar-refractivity contribution is 9.10. The Morgan fingerprint density at radius 3 is 2.24 bits per heavy atom. The molecule has 5 nitrogen and oxygen atoms in total. The van der Waals surface area contributed by atoms with Gasteiger partial charge in [0.15, 0.2) is 11.5 Å². The zero-order chi connectivity index (χ0) is 21.1. The molecule has 3 aromatic rings. The molecule has 6 heteroatoms. The maximum Gasteiger partial charge on any atom is 0.251 e. The Morgan fingerprint density at radius 1 is 1.00 bits per heavy atom. The van der Waals surface area contributed by atoms with Gasteiger partial charge in [0.05, 0.1) is 19.8 Å². The van der Waals surface area contributed by atoms with E-state index in [-0.39, 0.29) is 0 Å². The van der Waals surface area contributed by atoms with Gasteiger partial charge in [-0.3, -0.25) is 4.79 Å². The largest absolute Gasteiger partial charge is 0.493 e. The van der Waals surface area contributed by atoms with Crippen molar-refractivity contribution in [3.05, 3.63) is 69.5 Å². The number of nitrogens with two attached hydrogens (primary N) is 1. The van der Waals surface area contributed by atoms with Gasteiger partial charge >= 0.3 is 0 Å². The molecule has 0 fully saturated rings. The molecule has 1 heterocycles. The number of carbonyl (C=O) groups excluding carboxylic acids is 1. The van der Waals surface area contributed by atoms with Crippen molar-refractivity contribution in [3.8, 4) is 22.6 Å². The number of hydrogen-bond acceptors (Lipinski definition) is 3. The molecule has 0 unspecified atom stereocenters. The first-order chi connectivity index (χ1) is 13.9. The molecule has 3 rings (SSSR count). The number of benzene rings is 2. The number of amides is 1. The molecule has 1 aromatic heterocycles. The van der Waals surface area contributed by atoms with Gasteiger partial charge in [0, 0.05) is 28.0 Å². The molecule has 0 saturated carbocycles. The molecule has 0 radical (unpaired) electrons. The highest BCUT2D eigenvalue weighted by Crippen LogP contribution is 2.33. The Labute approximate surface area is 179 Å². The summed E-state index contributed by atoms with van der Waals surface area (Å²) in [4.78, 5) is 12.2. The quantitative estimate of drug-likeness (QED) is 0.549. The second-order valence-electron chi connectivity index (χ2n) is 6.88. The highest BCUT2D eigenvalue weighted by Gasteiger charge is 2.22. The number of nitrogens with zero attached hydrogens (tertiary/aromatic N) is 1. The minimum Gasteiger partial charge on any atom is -0.493 e. The minimum absolute atomic E-state index is 0.409. The van der Waals surface area contributed by atoms with Crippen LogP contribution in [0.1, 0.15) is 27.3 Å². The molecule has 0 aliphatic carbocycles. The second-order valence-corrected chi connectivity index (χ2v) is 7.80. The Bertz CT molecular complexity index is 1040. The van der Waals surface area contributed by atoms with Gasteiger partial charge in [-0.2, -0.15) is 0 Å². The van der Waals surface area contributed by atoms with Crippen LogP contribution in [0.25, 0.3) is 11.1 Å². The summed E-state index contributed by atoms with van der Waals surface area (Å²) in [6.07, 6.45) is 0.786. The number of primary amides is 1. The zero-order valence-electron chi connectivity index (χ0n) is 17.1. The van der Waals surface area contributed by atoms with Gasteiger partial charge in [0.25, 0.3) is 5.91 Å². The lowest BCUT2D eigenvalue weighted by molar-refractivity contribution is 0.1000. The molecule has 2 N–H and O–H groups in total. The van der Waals surface area contributed by atoms with Crippen molar-refractivity contribution in [2.24, 2.45) is 5.73 Å². The summed E-state index contributed by atoms with van der Waals surface area (Å²) in [5.41, 5.74) is 11.2. The fourth-order valence-corrected chi connectivity index (χ4v) is 4.03. The summed E-state index contributed by atoms with van der Waals surface area (Å²) in [7, 11) is 3.25. The van der Waals surface area contributed by atoms with E-state index >= 15 is 0 Å². The maximum atomic E-state index is 12.2. The number of hydrogen-bond donors (Lipinski definition) is 1. The summed E-state index contributed by atoms with van der Waals surface area (Å²) in [6, 6.07) is 13.9. The summed E-state index contributed by atoms with van der Waals surface area (Å²) in [5, 5.41) is 0. The number of carbonyl (C=O) groups is 1. The summed E-state index contributed by atoms with van der Waals surface area (Å²) in [5.74, 6) is 1.01. The summed E-state index contributed by atoms with van der Waals surface area (Å²) >= 11 is 3.46. The molecular weight excluding hydrogens is 432 g/mol. The number of ether oxygens (including phenoxy) is 2.